The number of pyridine rings is 10. The van der Waals surface area contributed by atoms with Gasteiger partial charge in [0.25, 0.3) is 0 Å². The van der Waals surface area contributed by atoms with E-state index in [0.717, 1.165) is 39.9 Å². The van der Waals surface area contributed by atoms with Gasteiger partial charge in [0.05, 0.1) is 0 Å². The van der Waals surface area contributed by atoms with Crippen LogP contribution in [0, 0.1) is 69.2 Å². The van der Waals surface area contributed by atoms with Crippen molar-refractivity contribution in [2.45, 2.75) is 331 Å². The zero-order valence-corrected chi connectivity index (χ0v) is 76.8. The van der Waals surface area contributed by atoms with E-state index in [-0.39, 0.29) is 54.1 Å². The quantitative estimate of drug-likeness (QED) is 0.145. The van der Waals surface area contributed by atoms with Crippen molar-refractivity contribution in [3.63, 3.8) is 0 Å². The summed E-state index contributed by atoms with van der Waals surface area (Å²) in [5, 5.41) is 0. The molecule has 0 aliphatic rings. The topological polar surface area (TPSA) is 129 Å². The second-order valence-electron chi connectivity index (χ2n) is 39.4. The lowest BCUT2D eigenvalue weighted by Crippen LogP contribution is -2.14. The number of aromatic nitrogens is 10. The van der Waals surface area contributed by atoms with Crippen LogP contribution in [0.4, 0.5) is 0 Å². The standard InChI is InChI=1S/10C10H15N/c1-8-5-9(7-11-6-8)10(2,3)4;1-8-7-11-6-5-9(8)10(2,3)4;1-8-7-9(5-6-11-8)10(2,3)4;1-8-5-6-11-7-9(8)10(2,3)4;1-8-5-6-9(7-11-8)10(2,3)4;1-8-5-6-11-9(7-8)10(2,3)4;1-8-5-6-9(11-7-8)10(2,3)4;1-8-9(10(2,3)4)6-5-7-11-8;1-8-6-5-7-11-9(8)10(2,3)4;1-8-6-5-7-9(11-8)10(2,3)4/h10*5-7H,1-4H3. The van der Waals surface area contributed by atoms with Gasteiger partial charge in [-0.05, 0) is 241 Å². The fraction of sp³-hybridized carbons (Fsp3) is 0.500. The molecule has 0 aliphatic carbocycles. The molecule has 0 aromatic carbocycles. The van der Waals surface area contributed by atoms with E-state index < -0.39 is 0 Å². The van der Waals surface area contributed by atoms with Gasteiger partial charge in [-0.2, -0.15) is 0 Å². The van der Waals surface area contributed by atoms with Crippen molar-refractivity contribution in [2.24, 2.45) is 0 Å². The number of rotatable bonds is 0. The molecular weight excluding hydrogens is 1340 g/mol. The molecule has 0 fully saturated rings. The molecular formula is C100H150N10. The largest absolute Gasteiger partial charge is 0.264 e. The molecule has 0 aliphatic heterocycles. The highest BCUT2D eigenvalue weighted by atomic mass is 14.7. The van der Waals surface area contributed by atoms with Crippen LogP contribution >= 0.6 is 0 Å². The molecule has 0 spiro atoms. The monoisotopic (exact) mass is 1490 g/mol. The van der Waals surface area contributed by atoms with Crippen LogP contribution in [0.15, 0.2) is 184 Å². The van der Waals surface area contributed by atoms with Crippen LogP contribution in [0.1, 0.15) is 320 Å². The Hall–Kier alpha value is -8.50. The summed E-state index contributed by atoms with van der Waals surface area (Å²) in [6, 6.07) is 37.5. The third-order valence-electron chi connectivity index (χ3n) is 17.5. The van der Waals surface area contributed by atoms with Crippen molar-refractivity contribution in [3.8, 4) is 0 Å². The number of hydrogen-bond acceptors (Lipinski definition) is 10. The average molecular weight is 1490 g/mol. The highest BCUT2D eigenvalue weighted by molar-refractivity contribution is 5.31. The summed E-state index contributed by atoms with van der Waals surface area (Å²) in [5.74, 6) is 0. The van der Waals surface area contributed by atoms with Crippen LogP contribution in [0.5, 0.6) is 0 Å². The van der Waals surface area contributed by atoms with Gasteiger partial charge in [-0.1, -0.05) is 244 Å². The first kappa shape index (κ1) is 99.5. The molecule has 10 heteroatoms. The molecule has 110 heavy (non-hydrogen) atoms. The molecule has 0 amide bonds. The molecule has 10 aromatic rings. The summed E-state index contributed by atoms with van der Waals surface area (Å²) in [7, 11) is 0. The Bertz CT molecular complexity index is 3760. The molecule has 0 bridgehead atoms. The van der Waals surface area contributed by atoms with Gasteiger partial charge < -0.3 is 0 Å². The van der Waals surface area contributed by atoms with Gasteiger partial charge in [0.1, 0.15) is 0 Å². The lowest BCUT2D eigenvalue weighted by atomic mass is 9.85. The molecule has 600 valence electrons. The van der Waals surface area contributed by atoms with Crippen LogP contribution in [0.2, 0.25) is 0 Å². The predicted octanol–water partition coefficient (Wildman–Crippen LogP) is 26.9. The number of aryl methyl sites for hydroxylation is 10. The van der Waals surface area contributed by atoms with E-state index in [0.29, 0.717) is 0 Å². The molecule has 0 N–H and O–H groups in total. The highest BCUT2D eigenvalue weighted by Crippen LogP contribution is 2.29. The van der Waals surface area contributed by atoms with Crippen LogP contribution in [-0.2, 0) is 54.1 Å². The minimum Gasteiger partial charge on any atom is -0.264 e. The van der Waals surface area contributed by atoms with E-state index in [9.17, 15) is 0 Å². The molecule has 0 radical (unpaired) electrons. The number of nitrogens with zero attached hydrogens (tertiary/aromatic N) is 10. The Morgan fingerprint density at radius 3 is 1.12 bits per heavy atom. The third kappa shape index (κ3) is 39.9. The molecule has 10 nitrogen and oxygen atoms in total. The van der Waals surface area contributed by atoms with E-state index in [1.807, 2.05) is 119 Å². The summed E-state index contributed by atoms with van der Waals surface area (Å²) in [6.45, 7) is 86.5. The SMILES string of the molecule is Cc1cc(C(C)(C)C)ccn1.Cc1ccc(C(C)(C)C)cn1.Cc1ccc(C(C)(C)C)nc1.Cc1cccc(C(C)(C)C)n1.Cc1cccnc1C(C)(C)C.Cc1ccnc(C(C)(C)C)c1.Cc1ccncc1C(C)(C)C.Cc1cncc(C(C)(C)C)c1.Cc1cnccc1C(C)(C)C.Cc1ncccc1C(C)(C)C. The maximum absolute atomic E-state index is 4.44. The van der Waals surface area contributed by atoms with E-state index >= 15 is 0 Å². The predicted molar refractivity (Wildman–Crippen MR) is 477 cm³/mol. The second-order valence-corrected chi connectivity index (χ2v) is 39.4. The molecule has 0 saturated carbocycles. The van der Waals surface area contributed by atoms with Gasteiger partial charge >= 0.3 is 0 Å². The van der Waals surface area contributed by atoms with Gasteiger partial charge in [0.15, 0.2) is 0 Å². The molecule has 10 aromatic heterocycles. The van der Waals surface area contributed by atoms with E-state index in [1.54, 1.807) is 0 Å². The third-order valence-corrected chi connectivity index (χ3v) is 17.5. The van der Waals surface area contributed by atoms with Gasteiger partial charge in [0.2, 0.25) is 0 Å². The smallest absolute Gasteiger partial charge is 0.0486 e. The highest BCUT2D eigenvalue weighted by Gasteiger charge is 2.22. The fourth-order valence-corrected chi connectivity index (χ4v) is 10.8. The Morgan fingerprint density at radius 2 is 0.755 bits per heavy atom. The molecule has 0 saturated heterocycles. The Kier molecular flexibility index (Phi) is 39.2. The van der Waals surface area contributed by atoms with Crippen molar-refractivity contribution >= 4 is 0 Å². The minimum absolute atomic E-state index is 0.172. The molecule has 10 heterocycles. The Balaban J connectivity index is 0.000000611. The maximum Gasteiger partial charge on any atom is 0.0486 e. The van der Waals surface area contributed by atoms with Crippen molar-refractivity contribution in [1.29, 1.82) is 0 Å². The van der Waals surface area contributed by atoms with E-state index in [1.165, 1.54) is 72.5 Å². The zero-order chi connectivity index (χ0) is 84.8. The van der Waals surface area contributed by atoms with Gasteiger partial charge in [-0.15, -0.1) is 0 Å². The molecule has 0 unspecified atom stereocenters. The van der Waals surface area contributed by atoms with Gasteiger partial charge in [-0.25, -0.2) is 0 Å². The fourth-order valence-electron chi connectivity index (χ4n) is 10.8. The summed E-state index contributed by atoms with van der Waals surface area (Å²) < 4.78 is 0. The summed E-state index contributed by atoms with van der Waals surface area (Å²) in [6.07, 6.45) is 22.7. The van der Waals surface area contributed by atoms with E-state index in [2.05, 4.69) is 391 Å². The van der Waals surface area contributed by atoms with Crippen molar-refractivity contribution < 1.29 is 0 Å². The first-order valence-electron chi connectivity index (χ1n) is 39.3. The molecule has 10 rings (SSSR count). The Morgan fingerprint density at radius 1 is 0.218 bits per heavy atom. The van der Waals surface area contributed by atoms with Crippen LogP contribution in [-0.4, -0.2) is 49.8 Å². The van der Waals surface area contributed by atoms with Crippen LogP contribution in [0.3, 0.4) is 0 Å². The van der Waals surface area contributed by atoms with Gasteiger partial charge in [-0.3, -0.25) is 49.8 Å². The van der Waals surface area contributed by atoms with Crippen LogP contribution in [0.25, 0.3) is 0 Å². The maximum atomic E-state index is 4.44. The van der Waals surface area contributed by atoms with Gasteiger partial charge in [0, 0.05) is 142 Å². The number of hydrogen-bond donors (Lipinski definition) is 0. The zero-order valence-electron chi connectivity index (χ0n) is 76.8. The normalized spacial score (nSPS) is 11.6. The first-order chi connectivity index (χ1) is 50.1. The first-order valence-corrected chi connectivity index (χ1v) is 39.3. The molecule has 0 atom stereocenters. The summed E-state index contributed by atoms with van der Waals surface area (Å²) in [5.41, 5.74) is 26.8. The minimum atomic E-state index is 0.172. The lowest BCUT2D eigenvalue weighted by Gasteiger charge is -2.20. The summed E-state index contributed by atoms with van der Waals surface area (Å²) >= 11 is 0. The second kappa shape index (κ2) is 43.3. The van der Waals surface area contributed by atoms with E-state index in [4.69, 9.17) is 0 Å². The van der Waals surface area contributed by atoms with Crippen molar-refractivity contribution in [3.05, 3.63) is 296 Å². The van der Waals surface area contributed by atoms with Crippen LogP contribution < -0.4 is 0 Å². The summed E-state index contributed by atoms with van der Waals surface area (Å²) in [4.78, 5) is 42.4. The Labute approximate surface area is 672 Å². The lowest BCUT2D eigenvalue weighted by molar-refractivity contribution is 0.564. The van der Waals surface area contributed by atoms with Crippen molar-refractivity contribution in [1.82, 2.24) is 49.8 Å². The van der Waals surface area contributed by atoms with Crippen molar-refractivity contribution in [2.75, 3.05) is 0 Å². The average Bonchev–Trinajstić information content (AvgIpc) is 0.842.